The summed E-state index contributed by atoms with van der Waals surface area (Å²) in [5, 5.41) is 0. The van der Waals surface area contributed by atoms with Crippen LogP contribution >= 0.6 is 0 Å². The van der Waals surface area contributed by atoms with Crippen LogP contribution in [-0.2, 0) is 6.54 Å². The minimum absolute atomic E-state index is 0.146. The van der Waals surface area contributed by atoms with Crippen LogP contribution in [0.2, 0.25) is 0 Å². The summed E-state index contributed by atoms with van der Waals surface area (Å²) in [7, 11) is 0. The molecule has 3 nitrogen and oxygen atoms in total. The fourth-order valence-corrected chi connectivity index (χ4v) is 1.33. The van der Waals surface area contributed by atoms with Crippen molar-refractivity contribution in [2.45, 2.75) is 26.3 Å². The first kappa shape index (κ1) is 13.6. The van der Waals surface area contributed by atoms with E-state index in [-0.39, 0.29) is 17.8 Å². The molecule has 8 heteroatoms. The third kappa shape index (κ3) is 3.26. The van der Waals surface area contributed by atoms with Crippen molar-refractivity contribution in [2.75, 3.05) is 0 Å². The Balaban J connectivity index is 3.23. The van der Waals surface area contributed by atoms with Gasteiger partial charge in [0.15, 0.2) is 5.75 Å². The molecule has 0 unspecified atom stereocenters. The number of rotatable bonds is 3. The molecule has 0 atom stereocenters. The predicted molar refractivity (Wildman–Crippen MR) is 48.5 cm³/mol. The van der Waals surface area contributed by atoms with Crippen LogP contribution in [-0.4, -0.2) is 11.3 Å². The van der Waals surface area contributed by atoms with Crippen LogP contribution in [0.5, 0.6) is 5.75 Å². The van der Waals surface area contributed by atoms with E-state index in [2.05, 4.69) is 9.72 Å². The number of nitrogens with two attached hydrogens (primary N) is 1. The number of halogens is 5. The molecule has 0 aliphatic heterocycles. The van der Waals surface area contributed by atoms with E-state index in [0.717, 1.165) is 13.1 Å². The second-order valence-corrected chi connectivity index (χ2v) is 3.16. The standard InChI is InChI=1S/C9H9F5N2O/c1-4-6(17-9(12,13)14)3-16-5(2-15)7(4)8(10)11/h3,8H,2,15H2,1H3. The van der Waals surface area contributed by atoms with Crippen LogP contribution in [0.25, 0.3) is 0 Å². The van der Waals surface area contributed by atoms with Crippen LogP contribution in [0.3, 0.4) is 0 Å². The van der Waals surface area contributed by atoms with Gasteiger partial charge in [0.25, 0.3) is 6.43 Å². The summed E-state index contributed by atoms with van der Waals surface area (Å²) in [6.45, 7) is 0.816. The maximum atomic E-state index is 12.7. The van der Waals surface area contributed by atoms with Crippen LogP contribution < -0.4 is 10.5 Å². The average molecular weight is 256 g/mol. The number of pyridine rings is 1. The highest BCUT2D eigenvalue weighted by Gasteiger charge is 2.33. The second kappa shape index (κ2) is 4.82. The first-order valence-electron chi connectivity index (χ1n) is 4.48. The minimum atomic E-state index is -4.95. The highest BCUT2D eigenvalue weighted by atomic mass is 19.4. The normalized spacial score (nSPS) is 12.0. The second-order valence-electron chi connectivity index (χ2n) is 3.16. The summed E-state index contributed by atoms with van der Waals surface area (Å²) in [5.74, 6) is -0.745. The van der Waals surface area contributed by atoms with Gasteiger partial charge in [0.1, 0.15) is 0 Å². The van der Waals surface area contributed by atoms with E-state index in [9.17, 15) is 22.0 Å². The molecule has 1 rings (SSSR count). The number of alkyl halides is 5. The topological polar surface area (TPSA) is 48.1 Å². The molecule has 1 heterocycles. The molecule has 0 amide bonds. The lowest BCUT2D eigenvalue weighted by Crippen LogP contribution is -2.19. The first-order valence-corrected chi connectivity index (χ1v) is 4.48. The molecule has 0 spiro atoms. The van der Waals surface area contributed by atoms with Crippen molar-refractivity contribution in [1.29, 1.82) is 0 Å². The lowest BCUT2D eigenvalue weighted by Gasteiger charge is -2.15. The Morgan fingerprint density at radius 1 is 1.41 bits per heavy atom. The van der Waals surface area contributed by atoms with E-state index >= 15 is 0 Å². The quantitative estimate of drug-likeness (QED) is 0.846. The van der Waals surface area contributed by atoms with Gasteiger partial charge in [0, 0.05) is 17.7 Å². The first-order chi connectivity index (χ1) is 7.76. The SMILES string of the molecule is Cc1c(OC(F)(F)F)cnc(CN)c1C(F)F. The van der Waals surface area contributed by atoms with E-state index in [1.54, 1.807) is 0 Å². The third-order valence-electron chi connectivity index (χ3n) is 2.06. The molecule has 0 aromatic carbocycles. The van der Waals surface area contributed by atoms with E-state index in [0.29, 0.717) is 0 Å². The van der Waals surface area contributed by atoms with Gasteiger partial charge in [-0.15, -0.1) is 13.2 Å². The maximum absolute atomic E-state index is 12.7. The lowest BCUT2D eigenvalue weighted by atomic mass is 10.1. The Morgan fingerprint density at radius 3 is 2.41 bits per heavy atom. The molecule has 0 bridgehead atoms. The average Bonchev–Trinajstić information content (AvgIpc) is 2.18. The molecular formula is C9H9F5N2O. The Bertz CT molecular complexity index is 405. The predicted octanol–water partition coefficient (Wildman–Crippen LogP) is 2.68. The molecule has 2 N–H and O–H groups in total. The summed E-state index contributed by atoms with van der Waals surface area (Å²) in [4.78, 5) is 3.43. The van der Waals surface area contributed by atoms with Gasteiger partial charge in [0.2, 0.25) is 0 Å². The fraction of sp³-hybridized carbons (Fsp3) is 0.444. The zero-order valence-corrected chi connectivity index (χ0v) is 8.68. The van der Waals surface area contributed by atoms with Crippen LogP contribution in [0.1, 0.15) is 23.2 Å². The smallest absolute Gasteiger partial charge is 0.404 e. The van der Waals surface area contributed by atoms with Gasteiger partial charge >= 0.3 is 6.36 Å². The Kier molecular flexibility index (Phi) is 3.87. The number of aromatic nitrogens is 1. The van der Waals surface area contributed by atoms with Crippen molar-refractivity contribution in [2.24, 2.45) is 5.73 Å². The summed E-state index contributed by atoms with van der Waals surface area (Å²) in [6.07, 6.45) is -7.18. The lowest BCUT2D eigenvalue weighted by molar-refractivity contribution is -0.275. The molecule has 1 aromatic rings. The molecule has 0 radical (unpaired) electrons. The van der Waals surface area contributed by atoms with Gasteiger partial charge in [-0.25, -0.2) is 8.78 Å². The van der Waals surface area contributed by atoms with Gasteiger partial charge in [-0.05, 0) is 6.92 Å². The number of hydrogen-bond acceptors (Lipinski definition) is 3. The molecule has 96 valence electrons. The molecule has 0 saturated carbocycles. The zero-order chi connectivity index (χ0) is 13.2. The van der Waals surface area contributed by atoms with Crippen LogP contribution in [0.4, 0.5) is 22.0 Å². The monoisotopic (exact) mass is 256 g/mol. The van der Waals surface area contributed by atoms with Crippen molar-refractivity contribution in [3.05, 3.63) is 23.0 Å². The molecule has 0 saturated heterocycles. The van der Waals surface area contributed by atoms with Crippen molar-refractivity contribution in [1.82, 2.24) is 4.98 Å². The number of nitrogens with zero attached hydrogens (tertiary/aromatic N) is 1. The van der Waals surface area contributed by atoms with Gasteiger partial charge in [-0.1, -0.05) is 0 Å². The van der Waals surface area contributed by atoms with Crippen LogP contribution in [0.15, 0.2) is 6.20 Å². The van der Waals surface area contributed by atoms with Gasteiger partial charge in [0.05, 0.1) is 11.9 Å². The number of hydrogen-bond donors (Lipinski definition) is 1. The molecular weight excluding hydrogens is 247 g/mol. The molecule has 17 heavy (non-hydrogen) atoms. The molecule has 1 aromatic heterocycles. The van der Waals surface area contributed by atoms with E-state index < -0.39 is 24.1 Å². The van der Waals surface area contributed by atoms with Crippen LogP contribution in [0, 0.1) is 6.92 Å². The highest BCUT2D eigenvalue weighted by molar-refractivity contribution is 5.40. The molecule has 0 aliphatic rings. The van der Waals surface area contributed by atoms with Crippen molar-refractivity contribution >= 4 is 0 Å². The van der Waals surface area contributed by atoms with Crippen molar-refractivity contribution < 1.29 is 26.7 Å². The zero-order valence-electron chi connectivity index (χ0n) is 8.68. The Morgan fingerprint density at radius 2 is 2.00 bits per heavy atom. The summed E-state index contributed by atoms with van der Waals surface area (Å²) in [6, 6.07) is 0. The summed E-state index contributed by atoms with van der Waals surface area (Å²) < 4.78 is 64.8. The number of ether oxygens (including phenoxy) is 1. The molecule has 0 aliphatic carbocycles. The summed E-state index contributed by atoms with van der Waals surface area (Å²) in [5.41, 5.74) is 4.10. The largest absolute Gasteiger partial charge is 0.573 e. The Labute approximate surface area is 93.4 Å². The third-order valence-corrected chi connectivity index (χ3v) is 2.06. The van der Waals surface area contributed by atoms with Crippen molar-refractivity contribution in [3.63, 3.8) is 0 Å². The van der Waals surface area contributed by atoms with Gasteiger partial charge in [-0.3, -0.25) is 4.98 Å². The molecule has 0 fully saturated rings. The summed E-state index contributed by atoms with van der Waals surface area (Å²) >= 11 is 0. The Hall–Kier alpha value is -1.44. The highest BCUT2D eigenvalue weighted by Crippen LogP contribution is 2.33. The van der Waals surface area contributed by atoms with Crippen molar-refractivity contribution in [3.8, 4) is 5.75 Å². The minimum Gasteiger partial charge on any atom is -0.404 e. The van der Waals surface area contributed by atoms with Gasteiger partial charge in [-0.2, -0.15) is 0 Å². The fourth-order valence-electron chi connectivity index (χ4n) is 1.33. The van der Waals surface area contributed by atoms with E-state index in [4.69, 9.17) is 5.73 Å². The maximum Gasteiger partial charge on any atom is 0.573 e. The van der Waals surface area contributed by atoms with E-state index in [1.807, 2.05) is 0 Å². The van der Waals surface area contributed by atoms with Gasteiger partial charge < -0.3 is 10.5 Å². The van der Waals surface area contributed by atoms with E-state index in [1.165, 1.54) is 0 Å².